The van der Waals surface area contributed by atoms with Crippen molar-refractivity contribution in [2.24, 2.45) is 0 Å². The molecule has 0 saturated carbocycles. The molecule has 0 heterocycles. The van der Waals surface area contributed by atoms with Crippen LogP contribution < -0.4 is 5.32 Å². The second-order valence-corrected chi connectivity index (χ2v) is 5.94. The van der Waals surface area contributed by atoms with Crippen LogP contribution in [-0.2, 0) is 6.42 Å². The topological polar surface area (TPSA) is 12.0 Å². The average Bonchev–Trinajstić information content (AvgIpc) is 2.42. The van der Waals surface area contributed by atoms with Crippen molar-refractivity contribution in [1.29, 1.82) is 0 Å². The van der Waals surface area contributed by atoms with E-state index >= 15 is 0 Å². The normalized spacial score (nSPS) is 12.4. The minimum Gasteiger partial charge on any atom is -0.319 e. The molecule has 20 heavy (non-hydrogen) atoms. The minimum atomic E-state index is 0.428. The Morgan fingerprint density at radius 1 is 1.05 bits per heavy atom. The van der Waals surface area contributed by atoms with Crippen molar-refractivity contribution in [2.75, 3.05) is 13.6 Å². The lowest BCUT2D eigenvalue weighted by Crippen LogP contribution is -2.19. The van der Waals surface area contributed by atoms with E-state index in [1.165, 1.54) is 16.7 Å². The molecule has 0 aliphatic rings. The molecule has 2 aromatic rings. The molecular formula is C17H19Cl2N. The number of benzene rings is 2. The number of rotatable bonds is 5. The predicted molar refractivity (Wildman–Crippen MR) is 88.0 cm³/mol. The molecule has 0 aliphatic heterocycles. The third-order valence-corrected chi connectivity index (χ3v) is 4.17. The summed E-state index contributed by atoms with van der Waals surface area (Å²) in [4.78, 5) is 0. The van der Waals surface area contributed by atoms with Gasteiger partial charge < -0.3 is 5.32 Å². The van der Waals surface area contributed by atoms with Gasteiger partial charge in [0.2, 0.25) is 0 Å². The van der Waals surface area contributed by atoms with Gasteiger partial charge in [-0.15, -0.1) is 0 Å². The first-order valence-corrected chi connectivity index (χ1v) is 7.51. The lowest BCUT2D eigenvalue weighted by molar-refractivity contribution is 0.625. The highest BCUT2D eigenvalue weighted by Gasteiger charge is 2.12. The molecule has 1 unspecified atom stereocenters. The van der Waals surface area contributed by atoms with Crippen molar-refractivity contribution in [2.45, 2.75) is 19.3 Å². The summed E-state index contributed by atoms with van der Waals surface area (Å²) in [6, 6.07) is 14.5. The Bertz CT molecular complexity index is 581. The van der Waals surface area contributed by atoms with Gasteiger partial charge in [-0.1, -0.05) is 59.1 Å². The fourth-order valence-electron chi connectivity index (χ4n) is 2.43. The van der Waals surface area contributed by atoms with Gasteiger partial charge >= 0.3 is 0 Å². The molecule has 0 spiro atoms. The molecule has 3 heteroatoms. The maximum absolute atomic E-state index is 6.10. The Hall–Kier alpha value is -1.02. The van der Waals surface area contributed by atoms with Crippen LogP contribution in [0.4, 0.5) is 0 Å². The second kappa shape index (κ2) is 7.12. The second-order valence-electron chi connectivity index (χ2n) is 5.12. The first-order valence-electron chi connectivity index (χ1n) is 6.75. The van der Waals surface area contributed by atoms with Gasteiger partial charge in [-0.05, 0) is 43.7 Å². The van der Waals surface area contributed by atoms with Crippen molar-refractivity contribution in [3.05, 3.63) is 69.2 Å². The summed E-state index contributed by atoms with van der Waals surface area (Å²) in [6.45, 7) is 3.06. The number of halogens is 2. The van der Waals surface area contributed by atoms with E-state index in [0.29, 0.717) is 16.0 Å². The highest BCUT2D eigenvalue weighted by atomic mass is 35.5. The first kappa shape index (κ1) is 15.4. The highest BCUT2D eigenvalue weighted by molar-refractivity contribution is 6.42. The largest absolute Gasteiger partial charge is 0.319 e. The standard InChI is InChI=1S/C17H19Cl2N/c1-12-4-3-5-14(8-12)15(11-20-2)9-13-6-7-16(18)17(19)10-13/h3-8,10,15,20H,9,11H2,1-2H3. The van der Waals surface area contributed by atoms with E-state index in [4.69, 9.17) is 23.2 Å². The molecule has 0 bridgehead atoms. The summed E-state index contributed by atoms with van der Waals surface area (Å²) in [7, 11) is 1.98. The zero-order valence-corrected chi connectivity index (χ0v) is 13.3. The number of hydrogen-bond donors (Lipinski definition) is 1. The Balaban J connectivity index is 2.22. The van der Waals surface area contributed by atoms with Crippen LogP contribution in [0.1, 0.15) is 22.6 Å². The molecule has 1 nitrogen and oxygen atoms in total. The molecule has 0 aliphatic carbocycles. The van der Waals surface area contributed by atoms with Gasteiger partial charge in [0.15, 0.2) is 0 Å². The fraction of sp³-hybridized carbons (Fsp3) is 0.294. The molecule has 0 saturated heterocycles. The van der Waals surface area contributed by atoms with Gasteiger partial charge in [0.1, 0.15) is 0 Å². The molecule has 2 aromatic carbocycles. The van der Waals surface area contributed by atoms with Gasteiger partial charge in [-0.25, -0.2) is 0 Å². The highest BCUT2D eigenvalue weighted by Crippen LogP contribution is 2.26. The van der Waals surface area contributed by atoms with Crippen molar-refractivity contribution in [1.82, 2.24) is 5.32 Å². The van der Waals surface area contributed by atoms with E-state index in [0.717, 1.165) is 13.0 Å². The summed E-state index contributed by atoms with van der Waals surface area (Å²) in [5.41, 5.74) is 3.85. The van der Waals surface area contributed by atoms with Gasteiger partial charge in [-0.2, -0.15) is 0 Å². The maximum atomic E-state index is 6.10. The van der Waals surface area contributed by atoms with E-state index in [-0.39, 0.29) is 0 Å². The lowest BCUT2D eigenvalue weighted by Gasteiger charge is -2.18. The Morgan fingerprint density at radius 2 is 1.85 bits per heavy atom. The van der Waals surface area contributed by atoms with Crippen LogP contribution in [0.3, 0.4) is 0 Å². The van der Waals surface area contributed by atoms with E-state index in [1.807, 2.05) is 25.2 Å². The summed E-state index contributed by atoms with van der Waals surface area (Å²) in [5, 5.41) is 4.50. The van der Waals surface area contributed by atoms with Crippen LogP contribution in [0.15, 0.2) is 42.5 Å². The third kappa shape index (κ3) is 3.99. The van der Waals surface area contributed by atoms with Crippen molar-refractivity contribution >= 4 is 23.2 Å². The third-order valence-electron chi connectivity index (χ3n) is 3.43. The number of likely N-dealkylation sites (N-methyl/N-ethyl adjacent to an activating group) is 1. The molecule has 106 valence electrons. The van der Waals surface area contributed by atoms with Crippen molar-refractivity contribution in [3.8, 4) is 0 Å². The molecule has 0 amide bonds. The molecular weight excluding hydrogens is 289 g/mol. The van der Waals surface area contributed by atoms with Crippen LogP contribution in [0.2, 0.25) is 10.0 Å². The Kier molecular flexibility index (Phi) is 5.47. The van der Waals surface area contributed by atoms with Crippen LogP contribution >= 0.6 is 23.2 Å². The average molecular weight is 308 g/mol. The predicted octanol–water partition coefficient (Wildman–Crippen LogP) is 4.85. The fourth-order valence-corrected chi connectivity index (χ4v) is 2.75. The SMILES string of the molecule is CNCC(Cc1ccc(Cl)c(Cl)c1)c1cccc(C)c1. The van der Waals surface area contributed by atoms with E-state index in [1.54, 1.807) is 0 Å². The first-order chi connectivity index (χ1) is 9.60. The summed E-state index contributed by atoms with van der Waals surface area (Å²) in [6.07, 6.45) is 0.946. The smallest absolute Gasteiger partial charge is 0.0595 e. The zero-order chi connectivity index (χ0) is 14.5. The zero-order valence-electron chi connectivity index (χ0n) is 11.8. The molecule has 2 rings (SSSR count). The van der Waals surface area contributed by atoms with E-state index in [9.17, 15) is 0 Å². The summed E-state index contributed by atoms with van der Waals surface area (Å²) < 4.78 is 0. The molecule has 0 radical (unpaired) electrons. The van der Waals surface area contributed by atoms with E-state index in [2.05, 4.69) is 36.5 Å². The number of hydrogen-bond acceptors (Lipinski definition) is 1. The van der Waals surface area contributed by atoms with Crippen LogP contribution in [0, 0.1) is 6.92 Å². The lowest BCUT2D eigenvalue weighted by atomic mass is 9.91. The van der Waals surface area contributed by atoms with Crippen LogP contribution in [0.5, 0.6) is 0 Å². The van der Waals surface area contributed by atoms with E-state index < -0.39 is 0 Å². The van der Waals surface area contributed by atoms with Gasteiger partial charge in [0.05, 0.1) is 10.0 Å². The molecule has 0 fully saturated rings. The quantitative estimate of drug-likeness (QED) is 0.833. The maximum Gasteiger partial charge on any atom is 0.0595 e. The Labute approximate surface area is 130 Å². The summed E-state index contributed by atoms with van der Waals surface area (Å²) >= 11 is 12.1. The number of aryl methyl sites for hydroxylation is 1. The van der Waals surface area contributed by atoms with Crippen LogP contribution in [0.25, 0.3) is 0 Å². The van der Waals surface area contributed by atoms with Crippen molar-refractivity contribution in [3.63, 3.8) is 0 Å². The number of nitrogens with one attached hydrogen (secondary N) is 1. The van der Waals surface area contributed by atoms with Crippen molar-refractivity contribution < 1.29 is 0 Å². The minimum absolute atomic E-state index is 0.428. The molecule has 1 atom stereocenters. The summed E-state index contributed by atoms with van der Waals surface area (Å²) in [5.74, 6) is 0.428. The monoisotopic (exact) mass is 307 g/mol. The molecule has 1 N–H and O–H groups in total. The molecule has 0 aromatic heterocycles. The van der Waals surface area contributed by atoms with Gasteiger partial charge in [0, 0.05) is 12.5 Å². The van der Waals surface area contributed by atoms with Gasteiger partial charge in [0.25, 0.3) is 0 Å². The van der Waals surface area contributed by atoms with Crippen LogP contribution in [-0.4, -0.2) is 13.6 Å². The van der Waals surface area contributed by atoms with Gasteiger partial charge in [-0.3, -0.25) is 0 Å². The Morgan fingerprint density at radius 3 is 2.50 bits per heavy atom.